The smallest absolute Gasteiger partial charge is 0.274 e. The molecule has 1 heterocycles. The van der Waals surface area contributed by atoms with Crippen LogP contribution in [0.25, 0.3) is 16.5 Å². The molecule has 1 aliphatic carbocycles. The normalized spacial score (nSPS) is 13.7. The van der Waals surface area contributed by atoms with Gasteiger partial charge in [-0.1, -0.05) is 48.5 Å². The van der Waals surface area contributed by atoms with Crippen molar-refractivity contribution in [2.24, 2.45) is 11.7 Å². The highest BCUT2D eigenvalue weighted by atomic mass is 19.1. The van der Waals surface area contributed by atoms with Crippen LogP contribution in [0.3, 0.4) is 0 Å². The molecule has 8 heteroatoms. The number of benzene rings is 4. The molecule has 1 saturated carbocycles. The average Bonchev–Trinajstić information content (AvgIpc) is 3.76. The summed E-state index contributed by atoms with van der Waals surface area (Å²) in [4.78, 5) is 13.6. The van der Waals surface area contributed by atoms with E-state index in [1.54, 1.807) is 30.0 Å². The van der Waals surface area contributed by atoms with Crippen molar-refractivity contribution in [2.75, 3.05) is 19.0 Å². The Kier molecular flexibility index (Phi) is 7.73. The zero-order valence-electron chi connectivity index (χ0n) is 23.7. The van der Waals surface area contributed by atoms with Crippen molar-refractivity contribution in [3.8, 4) is 11.4 Å². The van der Waals surface area contributed by atoms with E-state index >= 15 is 4.39 Å². The molecule has 4 aromatic carbocycles. The summed E-state index contributed by atoms with van der Waals surface area (Å²) < 4.78 is 22.7. The molecule has 1 amide bonds. The lowest BCUT2D eigenvalue weighted by Gasteiger charge is -2.24. The molecule has 214 valence electrons. The van der Waals surface area contributed by atoms with Crippen molar-refractivity contribution in [1.29, 1.82) is 0 Å². The van der Waals surface area contributed by atoms with E-state index in [-0.39, 0.29) is 11.7 Å². The number of ether oxygens (including phenoxy) is 1. The van der Waals surface area contributed by atoms with E-state index < -0.39 is 11.7 Å². The van der Waals surface area contributed by atoms with E-state index in [2.05, 4.69) is 27.9 Å². The first kappa shape index (κ1) is 27.6. The highest BCUT2D eigenvalue weighted by Gasteiger charge is 2.27. The van der Waals surface area contributed by atoms with Gasteiger partial charge >= 0.3 is 0 Å². The first-order valence-corrected chi connectivity index (χ1v) is 14.2. The summed E-state index contributed by atoms with van der Waals surface area (Å²) in [6.45, 7) is 3.01. The molecule has 4 N–H and O–H groups in total. The van der Waals surface area contributed by atoms with Gasteiger partial charge in [0.25, 0.3) is 5.91 Å². The van der Waals surface area contributed by atoms with Gasteiger partial charge in [-0.25, -0.2) is 9.07 Å². The number of nitrogens with zero attached hydrogens (tertiary/aromatic N) is 2. The number of aryl methyl sites for hydroxylation is 1. The molecular weight excluding hydrogens is 529 g/mol. The van der Waals surface area contributed by atoms with Gasteiger partial charge in [-0.15, -0.1) is 0 Å². The lowest BCUT2D eigenvalue weighted by Crippen LogP contribution is -2.26. The number of hydrogen-bond donors (Lipinski definition) is 3. The monoisotopic (exact) mass is 563 g/mol. The zero-order chi connectivity index (χ0) is 29.2. The van der Waals surface area contributed by atoms with Gasteiger partial charge in [-0.05, 0) is 90.5 Å². The first-order valence-electron chi connectivity index (χ1n) is 14.2. The van der Waals surface area contributed by atoms with Gasteiger partial charge in [0.05, 0.1) is 30.2 Å². The van der Waals surface area contributed by atoms with Crippen LogP contribution < -0.4 is 21.1 Å². The number of carbonyl (C=O) groups is 1. The number of amides is 1. The number of hydrogen-bond acceptors (Lipinski definition) is 5. The third-order valence-electron chi connectivity index (χ3n) is 7.77. The predicted molar refractivity (Wildman–Crippen MR) is 164 cm³/mol. The molecule has 42 heavy (non-hydrogen) atoms. The van der Waals surface area contributed by atoms with Crippen LogP contribution in [0.1, 0.15) is 51.8 Å². The highest BCUT2D eigenvalue weighted by Crippen LogP contribution is 2.38. The van der Waals surface area contributed by atoms with E-state index in [1.807, 2.05) is 55.5 Å². The lowest BCUT2D eigenvalue weighted by atomic mass is 9.92. The van der Waals surface area contributed by atoms with Crippen molar-refractivity contribution < 1.29 is 13.9 Å². The minimum Gasteiger partial charge on any atom is -0.496 e. The molecule has 1 aliphatic rings. The second kappa shape index (κ2) is 11.8. The molecule has 0 radical (unpaired) electrons. The second-order valence-electron chi connectivity index (χ2n) is 10.8. The van der Waals surface area contributed by atoms with Gasteiger partial charge in [0.1, 0.15) is 17.3 Å². The molecule has 0 saturated heterocycles. The maximum Gasteiger partial charge on any atom is 0.274 e. The first-order chi connectivity index (χ1) is 20.4. The summed E-state index contributed by atoms with van der Waals surface area (Å²) >= 11 is 0. The van der Waals surface area contributed by atoms with Gasteiger partial charge < -0.3 is 21.1 Å². The number of rotatable bonds is 10. The number of anilines is 1. The highest BCUT2D eigenvalue weighted by molar-refractivity contribution is 6.03. The lowest BCUT2D eigenvalue weighted by molar-refractivity contribution is 0.101. The number of aromatic nitrogens is 2. The third-order valence-corrected chi connectivity index (χ3v) is 7.77. The van der Waals surface area contributed by atoms with Crippen molar-refractivity contribution in [3.05, 3.63) is 119 Å². The number of halogens is 1. The Morgan fingerprint density at radius 3 is 2.69 bits per heavy atom. The fraction of sp³-hybridized carbons (Fsp3) is 0.235. The summed E-state index contributed by atoms with van der Waals surface area (Å²) in [5.74, 6) is 0.381. The SMILES string of the molecule is COc1ccc2ccccc2c1C(NCC1CC1)c1ccc(F)c(NC(=O)c2cc(C)nn2-c2cccc(CN)c2)c1. The quantitative estimate of drug-likeness (QED) is 0.186. The van der Waals surface area contributed by atoms with Crippen LogP contribution in [-0.2, 0) is 6.54 Å². The Labute approximate surface area is 244 Å². The summed E-state index contributed by atoms with van der Waals surface area (Å²) in [7, 11) is 1.66. The number of methoxy groups -OCH3 is 1. The average molecular weight is 564 g/mol. The van der Waals surface area contributed by atoms with Gasteiger partial charge in [0, 0.05) is 12.1 Å². The fourth-order valence-electron chi connectivity index (χ4n) is 5.42. The number of fused-ring (bicyclic) bond motifs is 1. The Bertz CT molecular complexity index is 1760. The van der Waals surface area contributed by atoms with Gasteiger partial charge in [-0.3, -0.25) is 4.79 Å². The van der Waals surface area contributed by atoms with Crippen LogP contribution >= 0.6 is 0 Å². The summed E-state index contributed by atoms with van der Waals surface area (Å²) in [6, 6.07) is 26.0. The Morgan fingerprint density at radius 2 is 1.90 bits per heavy atom. The van der Waals surface area contributed by atoms with Crippen molar-refractivity contribution in [2.45, 2.75) is 32.4 Å². The largest absolute Gasteiger partial charge is 0.496 e. The van der Waals surface area contributed by atoms with Crippen molar-refractivity contribution >= 4 is 22.4 Å². The number of carbonyl (C=O) groups excluding carboxylic acids is 1. The molecule has 6 rings (SSSR count). The van der Waals surface area contributed by atoms with E-state index in [0.29, 0.717) is 29.5 Å². The van der Waals surface area contributed by atoms with E-state index in [9.17, 15) is 4.79 Å². The van der Waals surface area contributed by atoms with E-state index in [1.165, 1.54) is 18.9 Å². The molecule has 1 fully saturated rings. The second-order valence-corrected chi connectivity index (χ2v) is 10.8. The zero-order valence-corrected chi connectivity index (χ0v) is 23.7. The Hall–Kier alpha value is -4.53. The van der Waals surface area contributed by atoms with Gasteiger partial charge in [0.15, 0.2) is 0 Å². The molecular formula is C34H34FN5O2. The molecule has 5 aromatic rings. The van der Waals surface area contributed by atoms with Crippen LogP contribution in [-0.4, -0.2) is 29.3 Å². The molecule has 0 spiro atoms. The van der Waals surface area contributed by atoms with Crippen molar-refractivity contribution in [3.63, 3.8) is 0 Å². The van der Waals surface area contributed by atoms with Crippen LogP contribution in [0, 0.1) is 18.7 Å². The number of nitrogens with one attached hydrogen (secondary N) is 2. The predicted octanol–water partition coefficient (Wildman–Crippen LogP) is 6.28. The standard InChI is InChI=1S/C34H34FN5O2/c1-21-16-30(40(39-21)26-8-5-6-23(17-26)19-36)34(41)38-29-18-25(12-14-28(29)35)33(37-20-22-10-11-22)32-27-9-4-3-7-24(27)13-15-31(32)42-2/h3-9,12-18,22,33,37H,10-11,19-20,36H2,1-2H3,(H,38,41). The molecule has 0 aliphatic heterocycles. The van der Waals surface area contributed by atoms with Gasteiger partial charge in [0.2, 0.25) is 0 Å². The Morgan fingerprint density at radius 1 is 1.07 bits per heavy atom. The summed E-state index contributed by atoms with van der Waals surface area (Å²) in [6.07, 6.45) is 2.39. The minimum atomic E-state index is -0.522. The molecule has 1 atom stereocenters. The molecule has 7 nitrogen and oxygen atoms in total. The topological polar surface area (TPSA) is 94.2 Å². The maximum absolute atomic E-state index is 15.3. The van der Waals surface area contributed by atoms with Gasteiger partial charge in [-0.2, -0.15) is 5.10 Å². The molecule has 0 bridgehead atoms. The fourth-order valence-corrected chi connectivity index (χ4v) is 5.42. The maximum atomic E-state index is 15.3. The Balaban J connectivity index is 1.38. The summed E-state index contributed by atoms with van der Waals surface area (Å²) in [5.41, 5.74) is 10.3. The molecule has 1 unspecified atom stereocenters. The van der Waals surface area contributed by atoms with Crippen molar-refractivity contribution in [1.82, 2.24) is 15.1 Å². The molecule has 1 aromatic heterocycles. The van der Waals surface area contributed by atoms with Crippen LogP contribution in [0.2, 0.25) is 0 Å². The summed E-state index contributed by atoms with van der Waals surface area (Å²) in [5, 5.41) is 13.2. The number of nitrogens with two attached hydrogens (primary N) is 1. The van der Waals surface area contributed by atoms with Crippen LogP contribution in [0.4, 0.5) is 10.1 Å². The van der Waals surface area contributed by atoms with E-state index in [4.69, 9.17) is 10.5 Å². The third kappa shape index (κ3) is 5.64. The van der Waals surface area contributed by atoms with Crippen LogP contribution in [0.15, 0.2) is 84.9 Å². The minimum absolute atomic E-state index is 0.0936. The van der Waals surface area contributed by atoms with E-state index in [0.717, 1.165) is 39.8 Å². The van der Waals surface area contributed by atoms with Crippen LogP contribution in [0.5, 0.6) is 5.75 Å².